The van der Waals surface area contributed by atoms with Crippen molar-refractivity contribution in [3.8, 4) is 0 Å². The number of nitro groups is 1. The predicted octanol–water partition coefficient (Wildman–Crippen LogP) is 0.444. The number of β-lactam (4-membered cyclic amide) rings is 1. The zero-order valence-corrected chi connectivity index (χ0v) is 17.6. The zero-order chi connectivity index (χ0) is 22.5. The van der Waals surface area contributed by atoms with Gasteiger partial charge in [-0.25, -0.2) is 4.79 Å². The second kappa shape index (κ2) is 9.79. The van der Waals surface area contributed by atoms with Crippen molar-refractivity contribution < 1.29 is 24.4 Å². The molecule has 4 N–H and O–H groups in total. The molecule has 31 heavy (non-hydrogen) atoms. The lowest BCUT2D eigenvalue weighted by molar-refractivity contribution is -0.426. The molecule has 0 aromatic carbocycles. The van der Waals surface area contributed by atoms with Crippen LogP contribution in [0.1, 0.15) is 13.3 Å². The summed E-state index contributed by atoms with van der Waals surface area (Å²) in [6.45, 7) is 1.90. The standard InChI is InChI=1S/C19H23N5O6S/c1-11(25)14-16-22-17(31-8-7-21-10-20)15(23(16)18(14)26)19(27)30-9-12-3-2-4-13(6-5-12)24(28)29/h2-3,5-6,10-11,14,16,22,25H,4,7-9H2,1H3,(H2,20,21)/t11-,14?,16+/m1/s1. The summed E-state index contributed by atoms with van der Waals surface area (Å²) in [6.07, 6.45) is 6.03. The SMILES string of the molecule is C[C@@H](O)C1C(=O)N2C(C(=O)OCC3=CC=C([N+](=O)[O-])CC=C3)=C(SCCNC=N)N[C@H]12. The minimum Gasteiger partial charge on any atom is -0.456 e. The maximum absolute atomic E-state index is 12.8. The third kappa shape index (κ3) is 4.80. The van der Waals surface area contributed by atoms with Crippen molar-refractivity contribution in [1.29, 1.82) is 5.41 Å². The van der Waals surface area contributed by atoms with E-state index in [1.54, 1.807) is 12.2 Å². The second-order valence-corrected chi connectivity index (χ2v) is 8.13. The number of nitrogens with one attached hydrogen (secondary N) is 3. The number of aliphatic hydroxyl groups excluding tert-OH is 1. The highest BCUT2D eigenvalue weighted by atomic mass is 32.2. The average molecular weight is 449 g/mol. The number of hydrogen-bond donors (Lipinski definition) is 4. The van der Waals surface area contributed by atoms with Gasteiger partial charge < -0.3 is 20.5 Å². The molecular weight excluding hydrogens is 426 g/mol. The fraction of sp³-hybridized carbons (Fsp3) is 0.421. The van der Waals surface area contributed by atoms with Crippen molar-refractivity contribution in [2.24, 2.45) is 5.92 Å². The fourth-order valence-electron chi connectivity index (χ4n) is 3.39. The molecule has 0 radical (unpaired) electrons. The first-order chi connectivity index (χ1) is 14.8. The highest BCUT2D eigenvalue weighted by molar-refractivity contribution is 8.03. The van der Waals surface area contributed by atoms with Crippen LogP contribution < -0.4 is 10.6 Å². The van der Waals surface area contributed by atoms with Gasteiger partial charge in [0, 0.05) is 18.4 Å². The summed E-state index contributed by atoms with van der Waals surface area (Å²) in [7, 11) is 0. The van der Waals surface area contributed by atoms with Crippen molar-refractivity contribution in [1.82, 2.24) is 15.5 Å². The van der Waals surface area contributed by atoms with Crippen LogP contribution in [0.2, 0.25) is 0 Å². The summed E-state index contributed by atoms with van der Waals surface area (Å²) in [4.78, 5) is 37.1. The quantitative estimate of drug-likeness (QED) is 0.0706. The number of carbonyl (C=O) groups is 2. The molecule has 166 valence electrons. The van der Waals surface area contributed by atoms with Crippen LogP contribution in [0.25, 0.3) is 0 Å². The van der Waals surface area contributed by atoms with Crippen LogP contribution in [-0.4, -0.2) is 64.3 Å². The number of hydrogen-bond acceptors (Lipinski definition) is 9. The van der Waals surface area contributed by atoms with E-state index in [4.69, 9.17) is 10.1 Å². The molecule has 2 heterocycles. The highest BCUT2D eigenvalue weighted by Gasteiger charge is 2.57. The molecule has 0 aromatic heterocycles. The highest BCUT2D eigenvalue weighted by Crippen LogP contribution is 2.41. The topological polar surface area (TPSA) is 158 Å². The summed E-state index contributed by atoms with van der Waals surface area (Å²) in [5, 5.41) is 34.1. The summed E-state index contributed by atoms with van der Waals surface area (Å²) < 4.78 is 5.39. The van der Waals surface area contributed by atoms with Gasteiger partial charge >= 0.3 is 5.97 Å². The number of fused-ring (bicyclic) bond motifs is 1. The molecule has 0 saturated carbocycles. The Morgan fingerprint density at radius 3 is 3.03 bits per heavy atom. The maximum Gasteiger partial charge on any atom is 0.358 e. The summed E-state index contributed by atoms with van der Waals surface area (Å²) in [6, 6.07) is 0. The minimum atomic E-state index is -0.869. The molecular formula is C19H23N5O6S. The maximum atomic E-state index is 12.8. The first kappa shape index (κ1) is 22.6. The van der Waals surface area contributed by atoms with E-state index in [0.717, 1.165) is 6.34 Å². The molecule has 3 rings (SSSR count). The molecule has 0 bridgehead atoms. The van der Waals surface area contributed by atoms with Crippen LogP contribution in [0.3, 0.4) is 0 Å². The first-order valence-electron chi connectivity index (χ1n) is 9.60. The van der Waals surface area contributed by atoms with Gasteiger partial charge in [-0.15, -0.1) is 11.8 Å². The molecule has 12 heteroatoms. The molecule has 3 aliphatic rings. The smallest absolute Gasteiger partial charge is 0.358 e. The Morgan fingerprint density at radius 1 is 1.58 bits per heavy atom. The van der Waals surface area contributed by atoms with Crippen LogP contribution in [0, 0.1) is 21.4 Å². The number of amides is 1. The zero-order valence-electron chi connectivity index (χ0n) is 16.7. The van der Waals surface area contributed by atoms with Crippen molar-refractivity contribution in [3.63, 3.8) is 0 Å². The average Bonchev–Trinajstić information content (AvgIpc) is 2.87. The van der Waals surface area contributed by atoms with E-state index in [2.05, 4.69) is 10.6 Å². The van der Waals surface area contributed by atoms with Gasteiger partial charge in [-0.05, 0) is 18.6 Å². The van der Waals surface area contributed by atoms with Gasteiger partial charge in [-0.1, -0.05) is 12.2 Å². The fourth-order valence-corrected chi connectivity index (χ4v) is 4.34. The number of aliphatic hydroxyl groups is 1. The van der Waals surface area contributed by atoms with Gasteiger partial charge in [0.25, 0.3) is 0 Å². The lowest BCUT2D eigenvalue weighted by atomic mass is 9.89. The van der Waals surface area contributed by atoms with E-state index < -0.39 is 29.1 Å². The molecule has 11 nitrogen and oxygen atoms in total. The Kier molecular flexibility index (Phi) is 7.13. The molecule has 0 aromatic rings. The van der Waals surface area contributed by atoms with Gasteiger partial charge in [0.15, 0.2) is 5.70 Å². The van der Waals surface area contributed by atoms with Gasteiger partial charge in [-0.3, -0.25) is 25.2 Å². The largest absolute Gasteiger partial charge is 0.456 e. The predicted molar refractivity (Wildman–Crippen MR) is 113 cm³/mol. The van der Waals surface area contributed by atoms with Gasteiger partial charge in [0.1, 0.15) is 23.7 Å². The molecule has 3 atom stereocenters. The lowest BCUT2D eigenvalue weighted by Gasteiger charge is -2.44. The minimum absolute atomic E-state index is 0.0377. The van der Waals surface area contributed by atoms with Crippen molar-refractivity contribution in [2.75, 3.05) is 18.9 Å². The van der Waals surface area contributed by atoms with Crippen LogP contribution in [0.5, 0.6) is 0 Å². The van der Waals surface area contributed by atoms with Crippen LogP contribution in [0.4, 0.5) is 0 Å². The Bertz CT molecular complexity index is 909. The van der Waals surface area contributed by atoms with Crippen molar-refractivity contribution >= 4 is 30.0 Å². The number of allylic oxidation sites excluding steroid dienone is 3. The first-order valence-corrected chi connectivity index (χ1v) is 10.6. The molecule has 2 aliphatic heterocycles. The van der Waals surface area contributed by atoms with Gasteiger partial charge in [0.05, 0.1) is 23.8 Å². The summed E-state index contributed by atoms with van der Waals surface area (Å²) >= 11 is 1.31. The molecule has 1 amide bonds. The Labute approximate surface area is 182 Å². The second-order valence-electron chi connectivity index (χ2n) is 7.03. The summed E-state index contributed by atoms with van der Waals surface area (Å²) in [5.74, 6) is -1.18. The number of rotatable bonds is 10. The molecule has 0 spiro atoms. The van der Waals surface area contributed by atoms with Gasteiger partial charge in [-0.2, -0.15) is 0 Å². The molecule has 1 fully saturated rings. The normalized spacial score (nSPS) is 23.0. The Hall–Kier alpha value is -3.12. The van der Waals surface area contributed by atoms with Crippen molar-refractivity contribution in [2.45, 2.75) is 25.6 Å². The summed E-state index contributed by atoms with van der Waals surface area (Å²) in [5.41, 5.74) is 0.705. The number of nitrogens with zero attached hydrogens (tertiary/aromatic N) is 2. The number of ether oxygens (including phenoxy) is 1. The third-order valence-corrected chi connectivity index (χ3v) is 5.95. The van der Waals surface area contributed by atoms with Crippen LogP contribution in [-0.2, 0) is 14.3 Å². The van der Waals surface area contributed by atoms with E-state index in [0.29, 0.717) is 22.9 Å². The number of carbonyl (C=O) groups excluding carboxylic acids is 2. The monoisotopic (exact) mass is 449 g/mol. The van der Waals surface area contributed by atoms with E-state index in [1.807, 2.05) is 0 Å². The lowest BCUT2D eigenvalue weighted by Crippen LogP contribution is -2.65. The number of esters is 1. The van der Waals surface area contributed by atoms with Crippen molar-refractivity contribution in [3.05, 3.63) is 56.4 Å². The van der Waals surface area contributed by atoms with E-state index >= 15 is 0 Å². The van der Waals surface area contributed by atoms with Gasteiger partial charge in [0.2, 0.25) is 11.6 Å². The third-order valence-electron chi connectivity index (χ3n) is 4.94. The van der Waals surface area contributed by atoms with E-state index in [1.165, 1.54) is 35.7 Å². The molecule has 1 saturated heterocycles. The van der Waals surface area contributed by atoms with E-state index in [9.17, 15) is 24.8 Å². The van der Waals surface area contributed by atoms with E-state index in [-0.39, 0.29) is 30.3 Å². The van der Waals surface area contributed by atoms with Crippen LogP contribution in [0.15, 0.2) is 46.3 Å². The van der Waals surface area contributed by atoms with Crippen LogP contribution >= 0.6 is 11.8 Å². The Balaban J connectivity index is 1.71. The molecule has 1 unspecified atom stereocenters. The number of thioether (sulfide) groups is 1. The Morgan fingerprint density at radius 2 is 2.35 bits per heavy atom. The molecule has 1 aliphatic carbocycles.